The molecule has 4 rings (SSSR count). The molecule has 6 heteroatoms. The molecule has 0 saturated heterocycles. The Bertz CT molecular complexity index is 995. The lowest BCUT2D eigenvalue weighted by Gasteiger charge is -2.22. The van der Waals surface area contributed by atoms with Crippen LogP contribution in [0.15, 0.2) is 71.3 Å². The summed E-state index contributed by atoms with van der Waals surface area (Å²) in [6.07, 6.45) is 3.84. The van der Waals surface area contributed by atoms with E-state index in [-0.39, 0.29) is 29.9 Å². The van der Waals surface area contributed by atoms with E-state index in [1.807, 2.05) is 12.1 Å². The van der Waals surface area contributed by atoms with Crippen molar-refractivity contribution in [2.45, 2.75) is 31.8 Å². The second-order valence-corrected chi connectivity index (χ2v) is 7.18. The van der Waals surface area contributed by atoms with Crippen LogP contribution in [0.1, 0.15) is 34.5 Å². The van der Waals surface area contributed by atoms with Crippen LogP contribution in [0.25, 0.3) is 0 Å². The number of carbonyl (C=O) groups excluding carboxylic acids is 2. The summed E-state index contributed by atoms with van der Waals surface area (Å²) in [5.41, 5.74) is 2.17. The monoisotopic (exact) mass is 392 g/mol. The predicted octanol–water partition coefficient (Wildman–Crippen LogP) is 4.09. The lowest BCUT2D eigenvalue weighted by Crippen LogP contribution is -2.30. The molecule has 1 aliphatic rings. The van der Waals surface area contributed by atoms with Crippen LogP contribution in [0.5, 0.6) is 0 Å². The number of amides is 2. The Kier molecular flexibility index (Phi) is 5.42. The van der Waals surface area contributed by atoms with E-state index < -0.39 is 0 Å². The summed E-state index contributed by atoms with van der Waals surface area (Å²) in [5.74, 6) is -0.471. The summed E-state index contributed by atoms with van der Waals surface area (Å²) in [4.78, 5) is 26.5. The Labute approximate surface area is 168 Å². The quantitative estimate of drug-likeness (QED) is 0.659. The summed E-state index contributed by atoms with van der Waals surface area (Å²) in [6, 6.07) is 17.0. The Morgan fingerprint density at radius 1 is 1.03 bits per heavy atom. The van der Waals surface area contributed by atoms with Crippen molar-refractivity contribution in [2.75, 3.05) is 4.90 Å². The Morgan fingerprint density at radius 2 is 1.83 bits per heavy atom. The third kappa shape index (κ3) is 4.90. The molecule has 148 valence electrons. The SMILES string of the molecule is O=C(Cc1ccc(N(Cc2cccc(F)c2)C(=O)c2ccco2)cc1)NC1CC1. The molecule has 2 aromatic carbocycles. The van der Waals surface area contributed by atoms with E-state index in [9.17, 15) is 14.0 Å². The van der Waals surface area contributed by atoms with Gasteiger partial charge in [-0.2, -0.15) is 0 Å². The molecular formula is C23H21FN2O3. The summed E-state index contributed by atoms with van der Waals surface area (Å²) in [5, 5.41) is 2.96. The minimum Gasteiger partial charge on any atom is -0.459 e. The molecule has 1 N–H and O–H groups in total. The molecular weight excluding hydrogens is 371 g/mol. The maximum absolute atomic E-state index is 13.6. The molecule has 1 aromatic heterocycles. The molecule has 1 aliphatic carbocycles. The minimum atomic E-state index is -0.357. The van der Waals surface area contributed by atoms with Gasteiger partial charge in [-0.3, -0.25) is 9.59 Å². The van der Waals surface area contributed by atoms with Crippen molar-refractivity contribution in [3.63, 3.8) is 0 Å². The highest BCUT2D eigenvalue weighted by molar-refractivity contribution is 6.04. The van der Waals surface area contributed by atoms with Crippen molar-refractivity contribution in [3.05, 3.63) is 89.6 Å². The number of hydrogen-bond donors (Lipinski definition) is 1. The maximum atomic E-state index is 13.6. The lowest BCUT2D eigenvalue weighted by molar-refractivity contribution is -0.120. The highest BCUT2D eigenvalue weighted by atomic mass is 19.1. The molecule has 0 radical (unpaired) electrons. The molecule has 0 atom stereocenters. The molecule has 3 aromatic rings. The van der Waals surface area contributed by atoms with Gasteiger partial charge in [0.1, 0.15) is 5.82 Å². The molecule has 1 fully saturated rings. The standard InChI is InChI=1S/C23H21FN2O3/c24-18-4-1-3-17(13-18)15-26(23(28)21-5-2-12-29-21)20-10-6-16(7-11-20)14-22(27)25-19-8-9-19/h1-7,10-13,19H,8-9,14-15H2,(H,25,27). The normalized spacial score (nSPS) is 13.1. The number of nitrogens with one attached hydrogen (secondary N) is 1. The third-order valence-electron chi connectivity index (χ3n) is 4.76. The Balaban J connectivity index is 1.54. The van der Waals surface area contributed by atoms with Gasteiger partial charge in [0.2, 0.25) is 5.91 Å². The van der Waals surface area contributed by atoms with Gasteiger partial charge >= 0.3 is 0 Å². The fourth-order valence-electron chi connectivity index (χ4n) is 3.12. The van der Waals surface area contributed by atoms with E-state index in [0.717, 1.165) is 18.4 Å². The van der Waals surface area contributed by atoms with Crippen molar-refractivity contribution in [1.82, 2.24) is 5.32 Å². The maximum Gasteiger partial charge on any atom is 0.294 e. The number of benzene rings is 2. The van der Waals surface area contributed by atoms with Crippen molar-refractivity contribution < 1.29 is 18.4 Å². The molecule has 1 saturated carbocycles. The van der Waals surface area contributed by atoms with Crippen molar-refractivity contribution in [1.29, 1.82) is 0 Å². The number of carbonyl (C=O) groups is 2. The van der Waals surface area contributed by atoms with Crippen LogP contribution in [0.3, 0.4) is 0 Å². The van der Waals surface area contributed by atoms with Gasteiger partial charge in [-0.1, -0.05) is 24.3 Å². The van der Waals surface area contributed by atoms with Gasteiger partial charge in [-0.05, 0) is 60.4 Å². The molecule has 0 spiro atoms. The highest BCUT2D eigenvalue weighted by Crippen LogP contribution is 2.23. The topological polar surface area (TPSA) is 62.6 Å². The largest absolute Gasteiger partial charge is 0.459 e. The number of hydrogen-bond acceptors (Lipinski definition) is 3. The van der Waals surface area contributed by atoms with Gasteiger partial charge in [-0.15, -0.1) is 0 Å². The first kappa shape index (κ1) is 18.9. The van der Waals surface area contributed by atoms with E-state index in [0.29, 0.717) is 23.7 Å². The van der Waals surface area contributed by atoms with Crippen molar-refractivity contribution in [2.24, 2.45) is 0 Å². The van der Waals surface area contributed by atoms with Crippen LogP contribution in [0.2, 0.25) is 0 Å². The first-order valence-electron chi connectivity index (χ1n) is 9.56. The number of nitrogens with zero attached hydrogens (tertiary/aromatic N) is 1. The molecule has 29 heavy (non-hydrogen) atoms. The second kappa shape index (κ2) is 8.31. The van der Waals surface area contributed by atoms with Crippen LogP contribution >= 0.6 is 0 Å². The zero-order chi connectivity index (χ0) is 20.2. The number of anilines is 1. The van der Waals surface area contributed by atoms with Crippen LogP contribution < -0.4 is 10.2 Å². The first-order valence-corrected chi connectivity index (χ1v) is 9.56. The fourth-order valence-corrected chi connectivity index (χ4v) is 3.12. The van der Waals surface area contributed by atoms with Crippen LogP contribution in [0.4, 0.5) is 10.1 Å². The second-order valence-electron chi connectivity index (χ2n) is 7.18. The lowest BCUT2D eigenvalue weighted by atomic mass is 10.1. The third-order valence-corrected chi connectivity index (χ3v) is 4.76. The summed E-state index contributed by atoms with van der Waals surface area (Å²) in [7, 11) is 0. The zero-order valence-electron chi connectivity index (χ0n) is 15.8. The first-order chi connectivity index (χ1) is 14.1. The van der Waals surface area contributed by atoms with Crippen molar-refractivity contribution >= 4 is 17.5 Å². The van der Waals surface area contributed by atoms with E-state index in [2.05, 4.69) is 5.32 Å². The summed E-state index contributed by atoms with van der Waals surface area (Å²) in [6.45, 7) is 0.193. The van der Waals surface area contributed by atoms with E-state index in [1.165, 1.54) is 23.3 Å². The average Bonchev–Trinajstić information content (AvgIpc) is 3.34. The smallest absolute Gasteiger partial charge is 0.294 e. The summed E-state index contributed by atoms with van der Waals surface area (Å²) < 4.78 is 18.9. The minimum absolute atomic E-state index is 0.00327. The molecule has 0 aliphatic heterocycles. The fraction of sp³-hybridized carbons (Fsp3) is 0.217. The number of rotatable bonds is 7. The van der Waals surface area contributed by atoms with Crippen LogP contribution in [-0.2, 0) is 17.8 Å². The predicted molar refractivity (Wildman–Crippen MR) is 107 cm³/mol. The average molecular weight is 392 g/mol. The van der Waals surface area contributed by atoms with Gasteiger partial charge < -0.3 is 14.6 Å². The number of furan rings is 1. The van der Waals surface area contributed by atoms with E-state index in [1.54, 1.807) is 36.4 Å². The van der Waals surface area contributed by atoms with Gasteiger partial charge in [0.25, 0.3) is 5.91 Å². The van der Waals surface area contributed by atoms with Gasteiger partial charge in [0.05, 0.1) is 19.2 Å². The van der Waals surface area contributed by atoms with Crippen LogP contribution in [0, 0.1) is 5.82 Å². The molecule has 1 heterocycles. The van der Waals surface area contributed by atoms with Gasteiger partial charge in [-0.25, -0.2) is 4.39 Å². The van der Waals surface area contributed by atoms with Crippen LogP contribution in [-0.4, -0.2) is 17.9 Å². The molecule has 2 amide bonds. The Hall–Kier alpha value is -3.41. The highest BCUT2D eigenvalue weighted by Gasteiger charge is 2.23. The van der Waals surface area contributed by atoms with Gasteiger partial charge in [0, 0.05) is 11.7 Å². The van der Waals surface area contributed by atoms with Gasteiger partial charge in [0.15, 0.2) is 5.76 Å². The van der Waals surface area contributed by atoms with E-state index >= 15 is 0 Å². The molecule has 0 bridgehead atoms. The Morgan fingerprint density at radius 3 is 2.48 bits per heavy atom. The summed E-state index contributed by atoms with van der Waals surface area (Å²) >= 11 is 0. The molecule has 5 nitrogen and oxygen atoms in total. The molecule has 0 unspecified atom stereocenters. The zero-order valence-corrected chi connectivity index (χ0v) is 15.8. The van der Waals surface area contributed by atoms with Crippen molar-refractivity contribution in [3.8, 4) is 0 Å². The number of halogens is 1. The van der Waals surface area contributed by atoms with E-state index in [4.69, 9.17) is 4.42 Å².